The van der Waals surface area contributed by atoms with E-state index < -0.39 is 25.6 Å². The van der Waals surface area contributed by atoms with Crippen LogP contribution in [0.5, 0.6) is 17.2 Å². The molecule has 7 aliphatic heterocycles. The number of nitrogens with zero attached hydrogens (tertiary/aromatic N) is 3. The van der Waals surface area contributed by atoms with Crippen LogP contribution in [0.15, 0.2) is 127 Å². The highest BCUT2D eigenvalue weighted by Gasteiger charge is 2.38. The molecule has 29 heteroatoms. The van der Waals surface area contributed by atoms with Crippen LogP contribution in [0.4, 0.5) is 78.7 Å². The zero-order valence-corrected chi connectivity index (χ0v) is 58.2. The number of hydrogen-bond acceptors (Lipinski definition) is 20. The summed E-state index contributed by atoms with van der Waals surface area (Å²) in [6, 6.07) is 40.6. The monoisotopic (exact) mass is 1370 g/mol. The zero-order chi connectivity index (χ0) is 70.0. The number of anilines is 13. The number of ether oxygens (including phenoxy) is 3. The minimum Gasteiger partial charge on any atom is -0.490 e. The number of hydrogen-bond donors (Lipinski definition) is 14. The third-order valence-corrected chi connectivity index (χ3v) is 19.1. The van der Waals surface area contributed by atoms with Gasteiger partial charge in [0.25, 0.3) is 20.2 Å². The van der Waals surface area contributed by atoms with Crippen LogP contribution in [0.3, 0.4) is 0 Å². The van der Waals surface area contributed by atoms with Crippen molar-refractivity contribution in [1.82, 2.24) is 15.4 Å². The standard InChI is InChI=1S/C11H16N2O2.C11H14N2O.C10H14N2O.C10H12N2O.C9H11N3O.C9H12N2O3S.C8H11N3O2S/c1-12-9-2-3-11-10(8-9)13(4-6-14)5-7-15-11;1-11(2)8-5-4-7(12-3)6-9(8)13-10(11)14;1-11-8-3-4-10-9(7-8)12(2)5-6-13-10;1-11-9-3-2-7-6-12-10(13)5-8(7)4-9;1-10-7-3-2-4-8-6(7)5-11-9(13)12-8;1-10-7-3-4-9-8(5-7)11(2)15(12,13)6-14-9;1-9-7-3-2-4-8-6(7)5-10-14(12,13)11-8/h2-3,8,12,14H,4-7H2,1H3;4-6,12H,1-3H3,(H,13,14);3-4,7,11H,5-6H2,1-2H3;2-4,11H,5-6H2,1H3,(H,12,13);2-4,10H,5H2,1H3,(H2,11,12,13);3-5,10H,6H2,1-2H3;2-4,9-11H,5H2,1H3. The predicted molar refractivity (Wildman–Crippen MR) is 391 cm³/mol. The van der Waals surface area contributed by atoms with Crippen molar-refractivity contribution in [3.8, 4) is 17.2 Å². The van der Waals surface area contributed by atoms with Crippen LogP contribution in [0, 0.1) is 0 Å². The van der Waals surface area contributed by atoms with Crippen molar-refractivity contribution < 1.29 is 50.5 Å². The smallest absolute Gasteiger partial charge is 0.319 e. The van der Waals surface area contributed by atoms with Crippen LogP contribution in [-0.2, 0) is 61.3 Å². The lowest BCUT2D eigenvalue weighted by atomic mass is 9.86. The van der Waals surface area contributed by atoms with Gasteiger partial charge in [0.15, 0.2) is 0 Å². The number of likely N-dealkylation sites (N-methyl/N-ethyl adjacent to an activating group) is 1. The normalized spacial score (nSPS) is 16.0. The van der Waals surface area contributed by atoms with E-state index in [1.54, 1.807) is 38.4 Å². The number of urea groups is 1. The van der Waals surface area contributed by atoms with E-state index in [0.717, 1.165) is 116 Å². The number of benzene rings is 7. The average molecular weight is 1370 g/mol. The van der Waals surface area contributed by atoms with Crippen molar-refractivity contribution >= 4 is 112 Å². The summed E-state index contributed by atoms with van der Waals surface area (Å²) >= 11 is 0. The first-order valence-corrected chi connectivity index (χ1v) is 34.6. The lowest BCUT2D eigenvalue weighted by Gasteiger charge is -2.31. The van der Waals surface area contributed by atoms with E-state index in [1.807, 2.05) is 140 Å². The van der Waals surface area contributed by atoms with Gasteiger partial charge in [-0.15, -0.1) is 0 Å². The molecule has 7 aromatic carbocycles. The molecule has 14 rings (SSSR count). The highest BCUT2D eigenvalue weighted by molar-refractivity contribution is 7.92. The molecule has 0 bridgehead atoms. The summed E-state index contributed by atoms with van der Waals surface area (Å²) < 4.78 is 67.7. The minimum atomic E-state index is -3.35. The second kappa shape index (κ2) is 32.9. The van der Waals surface area contributed by atoms with Crippen molar-refractivity contribution in [3.05, 3.63) is 155 Å². The fourth-order valence-electron chi connectivity index (χ4n) is 10.9. The fourth-order valence-corrected chi connectivity index (χ4v) is 12.7. The van der Waals surface area contributed by atoms with Crippen molar-refractivity contribution in [2.45, 2.75) is 45.3 Å². The maximum Gasteiger partial charge on any atom is 0.319 e. The van der Waals surface area contributed by atoms with Gasteiger partial charge in [-0.1, -0.05) is 24.3 Å². The molecule has 97 heavy (non-hydrogen) atoms. The van der Waals surface area contributed by atoms with Crippen molar-refractivity contribution in [2.75, 3.05) is 176 Å². The summed E-state index contributed by atoms with van der Waals surface area (Å²) in [5, 5.41) is 41.5. The van der Waals surface area contributed by atoms with Gasteiger partial charge < -0.3 is 87.6 Å². The quantitative estimate of drug-likeness (QED) is 0.0650. The molecule has 0 aliphatic carbocycles. The molecule has 0 fully saturated rings. The molecule has 7 aliphatic rings. The number of nitrogens with one attached hydrogen (secondary N) is 13. The van der Waals surface area contributed by atoms with Gasteiger partial charge in [0.05, 0.1) is 54.3 Å². The summed E-state index contributed by atoms with van der Waals surface area (Å²) in [4.78, 5) is 38.0. The van der Waals surface area contributed by atoms with Crippen molar-refractivity contribution in [1.29, 1.82) is 0 Å². The summed E-state index contributed by atoms with van der Waals surface area (Å²) in [7, 11) is 9.95. The number of aliphatic hydroxyl groups is 1. The Morgan fingerprint density at radius 1 is 0.536 bits per heavy atom. The predicted octanol–water partition coefficient (Wildman–Crippen LogP) is 8.03. The van der Waals surface area contributed by atoms with E-state index in [9.17, 15) is 31.2 Å². The molecule has 0 saturated carbocycles. The van der Waals surface area contributed by atoms with Gasteiger partial charge >= 0.3 is 6.03 Å². The van der Waals surface area contributed by atoms with Gasteiger partial charge in [-0.05, 0) is 134 Å². The van der Waals surface area contributed by atoms with Crippen LogP contribution >= 0.6 is 0 Å². The number of carbonyl (C=O) groups excluding carboxylic acids is 3. The Hall–Kier alpha value is -10.2. The van der Waals surface area contributed by atoms with Crippen LogP contribution in [0.25, 0.3) is 0 Å². The number of amides is 4. The molecule has 7 heterocycles. The van der Waals surface area contributed by atoms with Crippen molar-refractivity contribution in [2.24, 2.45) is 0 Å². The number of carbonyl (C=O) groups is 3. The topological polar surface area (TPSA) is 334 Å². The van der Waals surface area contributed by atoms with Crippen LogP contribution in [0.1, 0.15) is 41.7 Å². The SMILES string of the molecule is CNc1ccc2c(c1)CC(=O)NC2.CNc1ccc2c(c1)N(C)CCO2.CNc1ccc2c(c1)N(C)S(=O)(=O)CO2.CNc1ccc2c(c1)N(CCO)CCO2.CNc1ccc2c(c1)NC(=O)C2(C)C.CNc1cccc2c1CNC(=O)N2.CNc1cccc2c1CNS(=O)(=O)N2. The van der Waals surface area contributed by atoms with E-state index in [-0.39, 0.29) is 30.4 Å². The van der Waals surface area contributed by atoms with Gasteiger partial charge in [0.2, 0.25) is 17.8 Å². The van der Waals surface area contributed by atoms with E-state index in [0.29, 0.717) is 56.3 Å². The molecule has 27 nitrogen and oxygen atoms in total. The number of aliphatic hydroxyl groups excluding tert-OH is 1. The first-order chi connectivity index (χ1) is 46.5. The molecule has 0 saturated heterocycles. The molecule has 0 unspecified atom stereocenters. The molecule has 0 spiro atoms. The first-order valence-electron chi connectivity index (χ1n) is 31.5. The summed E-state index contributed by atoms with van der Waals surface area (Å²) in [5.74, 6) is 2.35. The Bertz CT molecular complexity index is 4150. The Labute approximate surface area is 568 Å². The lowest BCUT2D eigenvalue weighted by Crippen LogP contribution is -2.35. The summed E-state index contributed by atoms with van der Waals surface area (Å²) in [5.41, 5.74) is 17.4. The Morgan fingerprint density at radius 3 is 1.69 bits per heavy atom. The second-order valence-electron chi connectivity index (χ2n) is 23.1. The minimum absolute atomic E-state index is 0.0701. The molecular formula is C68H90N16O11S2. The highest BCUT2D eigenvalue weighted by Crippen LogP contribution is 2.40. The highest BCUT2D eigenvalue weighted by atomic mass is 32.2. The zero-order valence-electron chi connectivity index (χ0n) is 56.6. The number of rotatable bonds is 9. The largest absolute Gasteiger partial charge is 0.490 e. The summed E-state index contributed by atoms with van der Waals surface area (Å²) in [6.07, 6.45) is 0.505. The van der Waals surface area contributed by atoms with Gasteiger partial charge in [0.1, 0.15) is 30.5 Å². The maximum absolute atomic E-state index is 11.6. The molecular weight excluding hydrogens is 1280 g/mol. The molecule has 0 radical (unpaired) electrons. The van der Waals surface area contributed by atoms with E-state index in [4.69, 9.17) is 19.3 Å². The number of β-amino-alcohol motifs (C(OH)–C–C–N with tert-alkyl or cyclic N) is 1. The molecule has 4 amide bonds. The van der Waals surface area contributed by atoms with Gasteiger partial charge in [-0.25, -0.2) is 13.2 Å². The number of fused-ring (bicyclic) bond motifs is 7. The molecule has 520 valence electrons. The molecule has 14 N–H and O–H groups in total. The van der Waals surface area contributed by atoms with E-state index >= 15 is 0 Å². The average Bonchev–Trinajstić information content (AvgIpc) is 1.77. The van der Waals surface area contributed by atoms with Crippen molar-refractivity contribution in [3.63, 3.8) is 0 Å². The van der Waals surface area contributed by atoms with Gasteiger partial charge in [0, 0.05) is 152 Å². The number of sulfonamides is 1. The lowest BCUT2D eigenvalue weighted by molar-refractivity contribution is -0.121. The van der Waals surface area contributed by atoms with E-state index in [2.05, 4.69) is 96.9 Å². The van der Waals surface area contributed by atoms with Gasteiger partial charge in [-0.2, -0.15) is 13.1 Å². The molecule has 7 aromatic rings. The second-order valence-corrected chi connectivity index (χ2v) is 26.6. The Balaban J connectivity index is 0.000000145. The Kier molecular flexibility index (Phi) is 24.7. The Morgan fingerprint density at radius 2 is 1.07 bits per heavy atom. The third-order valence-electron chi connectivity index (χ3n) is 16.7. The summed E-state index contributed by atoms with van der Waals surface area (Å²) in [6.45, 7) is 9.53. The van der Waals surface area contributed by atoms with Crippen LogP contribution in [-0.4, -0.2) is 149 Å². The fraction of sp³-hybridized carbons (Fsp3) is 0.338. The molecule has 0 aromatic heterocycles. The maximum atomic E-state index is 11.6. The van der Waals surface area contributed by atoms with Crippen LogP contribution in [0.2, 0.25) is 0 Å². The van der Waals surface area contributed by atoms with Gasteiger partial charge in [-0.3, -0.25) is 18.6 Å². The van der Waals surface area contributed by atoms with Crippen LogP contribution < -0.4 is 96.2 Å². The first kappa shape index (κ1) is 72.6. The molecule has 0 atom stereocenters. The van der Waals surface area contributed by atoms with E-state index in [1.165, 1.54) is 16.9 Å². The third kappa shape index (κ3) is 18.4.